The van der Waals surface area contributed by atoms with Crippen molar-refractivity contribution in [3.8, 4) is 0 Å². The number of aliphatic hydroxyl groups excluding tert-OH is 1. The van der Waals surface area contributed by atoms with Gasteiger partial charge in [0.1, 0.15) is 0 Å². The Labute approximate surface area is 148 Å². The van der Waals surface area contributed by atoms with E-state index in [0.717, 1.165) is 0 Å². The normalized spacial score (nSPS) is 18.4. The molecule has 0 bridgehead atoms. The van der Waals surface area contributed by atoms with Crippen LogP contribution >= 0.6 is 0 Å². The van der Waals surface area contributed by atoms with Gasteiger partial charge in [0.15, 0.2) is 11.5 Å². The Bertz CT molecular complexity index is 674. The highest BCUT2D eigenvalue weighted by Gasteiger charge is 2.45. The van der Waals surface area contributed by atoms with Crippen LogP contribution in [0, 0.1) is 5.41 Å². The molecule has 0 aromatic carbocycles. The van der Waals surface area contributed by atoms with E-state index < -0.39 is 23.1 Å². The van der Waals surface area contributed by atoms with Crippen molar-refractivity contribution in [3.63, 3.8) is 0 Å². The van der Waals surface area contributed by atoms with Gasteiger partial charge in [-0.05, 0) is 25.5 Å². The zero-order chi connectivity index (χ0) is 18.8. The zero-order valence-electron chi connectivity index (χ0n) is 15.4. The summed E-state index contributed by atoms with van der Waals surface area (Å²) in [5, 5.41) is 10.4. The number of aromatic nitrogens is 1. The molecule has 1 aromatic heterocycles. The summed E-state index contributed by atoms with van der Waals surface area (Å²) in [4.78, 5) is 31.1. The van der Waals surface area contributed by atoms with E-state index in [0.29, 0.717) is 12.2 Å². The fraction of sp³-hybridized carbons (Fsp3) is 0.526. The van der Waals surface area contributed by atoms with Crippen molar-refractivity contribution in [2.45, 2.75) is 46.8 Å². The lowest BCUT2D eigenvalue weighted by Gasteiger charge is -2.28. The van der Waals surface area contributed by atoms with Crippen molar-refractivity contribution in [2.24, 2.45) is 5.41 Å². The Kier molecular flexibility index (Phi) is 5.62. The van der Waals surface area contributed by atoms with Crippen molar-refractivity contribution in [2.75, 3.05) is 13.2 Å². The second-order valence-corrected chi connectivity index (χ2v) is 7.45. The van der Waals surface area contributed by atoms with Gasteiger partial charge < -0.3 is 14.7 Å². The Morgan fingerprint density at radius 3 is 2.60 bits per heavy atom. The minimum absolute atomic E-state index is 0.0341. The number of Topliss-reactive ketones (excluding diaryl/α,β-unsaturated/α-hetero) is 1. The SMILES string of the molecule is CC(C)OCCN1C(=O)C(O)=C(C(=O)C(C)(C)C)C1c1cccnc1. The quantitative estimate of drug-likeness (QED) is 0.857. The predicted octanol–water partition coefficient (Wildman–Crippen LogP) is 2.82. The fourth-order valence-corrected chi connectivity index (χ4v) is 2.79. The van der Waals surface area contributed by atoms with Crippen LogP contribution in [0.1, 0.15) is 46.2 Å². The minimum Gasteiger partial charge on any atom is -0.503 e. The van der Waals surface area contributed by atoms with Crippen LogP contribution in [0.4, 0.5) is 0 Å². The van der Waals surface area contributed by atoms with Crippen LogP contribution in [0.3, 0.4) is 0 Å². The Morgan fingerprint density at radius 1 is 1.40 bits per heavy atom. The lowest BCUT2D eigenvalue weighted by atomic mass is 9.82. The number of hydrogen-bond donors (Lipinski definition) is 1. The van der Waals surface area contributed by atoms with Gasteiger partial charge in [0.2, 0.25) is 0 Å². The highest BCUT2D eigenvalue weighted by molar-refractivity contribution is 6.10. The third kappa shape index (κ3) is 4.07. The van der Waals surface area contributed by atoms with Gasteiger partial charge in [-0.1, -0.05) is 26.8 Å². The minimum atomic E-state index is -0.714. The molecule has 0 aliphatic carbocycles. The van der Waals surface area contributed by atoms with Crippen LogP contribution < -0.4 is 0 Å². The number of ether oxygens (including phenoxy) is 1. The summed E-state index contributed by atoms with van der Waals surface area (Å²) < 4.78 is 5.54. The molecule has 0 spiro atoms. The molecule has 0 fully saturated rings. The van der Waals surface area contributed by atoms with Gasteiger partial charge in [0.25, 0.3) is 5.91 Å². The van der Waals surface area contributed by atoms with Gasteiger partial charge >= 0.3 is 0 Å². The molecule has 1 unspecified atom stereocenters. The first kappa shape index (κ1) is 19.1. The number of ketones is 1. The van der Waals surface area contributed by atoms with E-state index in [1.165, 1.54) is 4.90 Å². The molecular weight excluding hydrogens is 320 g/mol. The molecule has 1 aromatic rings. The summed E-state index contributed by atoms with van der Waals surface area (Å²) in [5.74, 6) is -1.27. The van der Waals surface area contributed by atoms with E-state index in [1.54, 1.807) is 45.3 Å². The Hall–Kier alpha value is -2.21. The highest BCUT2D eigenvalue weighted by atomic mass is 16.5. The smallest absolute Gasteiger partial charge is 0.290 e. The van der Waals surface area contributed by atoms with Crippen molar-refractivity contribution in [3.05, 3.63) is 41.4 Å². The molecule has 2 rings (SSSR count). The first-order chi connectivity index (χ1) is 11.6. The molecule has 1 amide bonds. The van der Waals surface area contributed by atoms with E-state index in [2.05, 4.69) is 4.98 Å². The van der Waals surface area contributed by atoms with Crippen LogP contribution in [0.2, 0.25) is 0 Å². The van der Waals surface area contributed by atoms with E-state index in [4.69, 9.17) is 4.74 Å². The van der Waals surface area contributed by atoms with E-state index in [9.17, 15) is 14.7 Å². The van der Waals surface area contributed by atoms with Crippen LogP contribution in [0.5, 0.6) is 0 Å². The average Bonchev–Trinajstić information content (AvgIpc) is 2.78. The fourth-order valence-electron chi connectivity index (χ4n) is 2.79. The lowest BCUT2D eigenvalue weighted by molar-refractivity contribution is -0.130. The Morgan fingerprint density at radius 2 is 2.08 bits per heavy atom. The predicted molar refractivity (Wildman–Crippen MR) is 93.9 cm³/mol. The first-order valence-corrected chi connectivity index (χ1v) is 8.45. The van der Waals surface area contributed by atoms with E-state index >= 15 is 0 Å². The van der Waals surface area contributed by atoms with Gasteiger partial charge in [-0.2, -0.15) is 0 Å². The summed E-state index contributed by atoms with van der Waals surface area (Å²) in [5.41, 5.74) is 0.112. The third-order valence-electron chi connectivity index (χ3n) is 4.01. The number of hydrogen-bond acceptors (Lipinski definition) is 5. The molecule has 0 saturated carbocycles. The number of pyridine rings is 1. The number of nitrogens with zero attached hydrogens (tertiary/aromatic N) is 2. The van der Waals surface area contributed by atoms with Crippen LogP contribution in [-0.2, 0) is 14.3 Å². The van der Waals surface area contributed by atoms with E-state index in [-0.39, 0.29) is 24.0 Å². The summed E-state index contributed by atoms with van der Waals surface area (Å²) in [6.45, 7) is 9.73. The van der Waals surface area contributed by atoms with Crippen molar-refractivity contribution in [1.82, 2.24) is 9.88 Å². The molecule has 136 valence electrons. The van der Waals surface area contributed by atoms with Crippen molar-refractivity contribution >= 4 is 11.7 Å². The molecule has 1 aliphatic rings. The van der Waals surface area contributed by atoms with Gasteiger partial charge in [-0.15, -0.1) is 0 Å². The second-order valence-electron chi connectivity index (χ2n) is 7.45. The molecule has 25 heavy (non-hydrogen) atoms. The molecule has 6 nitrogen and oxygen atoms in total. The second kappa shape index (κ2) is 7.35. The molecule has 0 radical (unpaired) electrons. The number of aliphatic hydroxyl groups is 1. The maximum Gasteiger partial charge on any atom is 0.290 e. The van der Waals surface area contributed by atoms with Gasteiger partial charge in [0, 0.05) is 24.4 Å². The molecule has 6 heteroatoms. The zero-order valence-corrected chi connectivity index (χ0v) is 15.4. The summed E-state index contributed by atoms with van der Waals surface area (Å²) in [6.07, 6.45) is 3.27. The van der Waals surface area contributed by atoms with Crippen LogP contribution in [0.15, 0.2) is 35.9 Å². The number of amides is 1. The van der Waals surface area contributed by atoms with Crippen molar-refractivity contribution < 1.29 is 19.4 Å². The van der Waals surface area contributed by atoms with Gasteiger partial charge in [-0.25, -0.2) is 0 Å². The average molecular weight is 346 g/mol. The van der Waals surface area contributed by atoms with Crippen LogP contribution in [0.25, 0.3) is 0 Å². The first-order valence-electron chi connectivity index (χ1n) is 8.45. The van der Waals surface area contributed by atoms with Gasteiger partial charge in [-0.3, -0.25) is 14.6 Å². The molecule has 1 aliphatic heterocycles. The third-order valence-corrected chi connectivity index (χ3v) is 4.01. The molecule has 1 N–H and O–H groups in total. The lowest BCUT2D eigenvalue weighted by Crippen LogP contribution is -2.35. The van der Waals surface area contributed by atoms with Crippen molar-refractivity contribution in [1.29, 1.82) is 0 Å². The summed E-state index contributed by atoms with van der Waals surface area (Å²) in [6, 6.07) is 2.90. The number of carbonyl (C=O) groups is 2. The topological polar surface area (TPSA) is 79.7 Å². The standard InChI is InChI=1S/C19H26N2O4/c1-12(2)25-10-9-21-15(13-7-6-8-20-11-13)14(16(22)18(21)24)17(23)19(3,4)5/h6-8,11-12,15,22H,9-10H2,1-5H3. The van der Waals surface area contributed by atoms with E-state index in [1.807, 2.05) is 13.8 Å². The largest absolute Gasteiger partial charge is 0.503 e. The number of carbonyl (C=O) groups excluding carboxylic acids is 2. The maximum atomic E-state index is 12.9. The maximum absolute atomic E-state index is 12.9. The Balaban J connectivity index is 2.42. The highest BCUT2D eigenvalue weighted by Crippen LogP contribution is 2.40. The number of rotatable bonds is 6. The molecular formula is C19H26N2O4. The summed E-state index contributed by atoms with van der Waals surface area (Å²) >= 11 is 0. The molecule has 1 atom stereocenters. The van der Waals surface area contributed by atoms with Gasteiger partial charge in [0.05, 0.1) is 24.3 Å². The molecule has 2 heterocycles. The summed E-state index contributed by atoms with van der Waals surface area (Å²) in [7, 11) is 0. The van der Waals surface area contributed by atoms with Crippen LogP contribution in [-0.4, -0.2) is 45.9 Å². The molecule has 0 saturated heterocycles. The monoisotopic (exact) mass is 346 g/mol.